The molecule has 0 radical (unpaired) electrons. The first-order chi connectivity index (χ1) is 20.1. The molecule has 0 heterocycles. The predicted octanol–water partition coefficient (Wildman–Crippen LogP) is 7.50. The van der Waals surface area contributed by atoms with Gasteiger partial charge in [-0.3, -0.25) is 9.69 Å². The van der Waals surface area contributed by atoms with Crippen molar-refractivity contribution in [3.8, 4) is 17.2 Å². The van der Waals surface area contributed by atoms with Gasteiger partial charge in [0.2, 0.25) is 0 Å². The number of para-hydroxylation sites is 3. The van der Waals surface area contributed by atoms with E-state index in [0.717, 1.165) is 16.5 Å². The predicted molar refractivity (Wildman–Crippen MR) is 163 cm³/mol. The fourth-order valence-corrected chi connectivity index (χ4v) is 4.55. The number of ether oxygens (including phenoxy) is 2. The minimum absolute atomic E-state index is 0.144. The number of benzene rings is 5. The highest BCUT2D eigenvalue weighted by atomic mass is 16.5. The molecule has 0 aromatic heterocycles. The van der Waals surface area contributed by atoms with Crippen LogP contribution in [0, 0.1) is 0 Å². The molecule has 3 amide bonds. The molecule has 5 aromatic rings. The van der Waals surface area contributed by atoms with Gasteiger partial charge in [0.15, 0.2) is 0 Å². The van der Waals surface area contributed by atoms with Crippen molar-refractivity contribution in [1.29, 1.82) is 0 Å². The highest BCUT2D eigenvalue weighted by Crippen LogP contribution is 2.27. The van der Waals surface area contributed by atoms with Gasteiger partial charge in [-0.05, 0) is 71.8 Å². The minimum atomic E-state index is -0.313. The molecule has 2 N–H and O–H groups in total. The standard InChI is InChI=1S/C34H31N3O4/c1-40-32-18-8-7-17-31(32)36-34(39)37(26-19-21-28(22-20-26)41-27-13-3-2-4-14-27)24-10-23-35-33(38)30-16-9-12-25-11-5-6-15-29(25)30/h2-9,11-22H,10,23-24H2,1H3,(H,35,38)(H,36,39). The molecule has 5 aromatic carbocycles. The number of fused-ring (bicyclic) bond motifs is 1. The molecule has 0 aliphatic carbocycles. The maximum absolute atomic E-state index is 13.5. The van der Waals surface area contributed by atoms with Crippen molar-refractivity contribution in [2.75, 3.05) is 30.4 Å². The first-order valence-electron chi connectivity index (χ1n) is 13.4. The Kier molecular flexibility index (Phi) is 8.76. The van der Waals surface area contributed by atoms with Crippen LogP contribution >= 0.6 is 0 Å². The van der Waals surface area contributed by atoms with Crippen molar-refractivity contribution in [2.24, 2.45) is 0 Å². The first kappa shape index (κ1) is 27.3. The number of nitrogens with zero attached hydrogens (tertiary/aromatic N) is 1. The summed E-state index contributed by atoms with van der Waals surface area (Å²) in [7, 11) is 1.56. The summed E-state index contributed by atoms with van der Waals surface area (Å²) < 4.78 is 11.3. The van der Waals surface area contributed by atoms with Crippen LogP contribution in [0.2, 0.25) is 0 Å². The third kappa shape index (κ3) is 6.83. The second-order valence-electron chi connectivity index (χ2n) is 9.33. The largest absolute Gasteiger partial charge is 0.495 e. The Bertz CT molecular complexity index is 1620. The summed E-state index contributed by atoms with van der Waals surface area (Å²) in [5.41, 5.74) is 1.89. The molecule has 206 valence electrons. The molecule has 0 saturated carbocycles. The van der Waals surface area contributed by atoms with Gasteiger partial charge in [0.25, 0.3) is 5.91 Å². The van der Waals surface area contributed by atoms with Crippen LogP contribution < -0.4 is 25.0 Å². The fraction of sp³-hybridized carbons (Fsp3) is 0.118. The molecule has 7 nitrogen and oxygen atoms in total. The van der Waals surface area contributed by atoms with Crippen LogP contribution in [0.1, 0.15) is 16.8 Å². The molecule has 0 unspecified atom stereocenters. The smallest absolute Gasteiger partial charge is 0.326 e. The molecule has 0 bridgehead atoms. The van der Waals surface area contributed by atoms with E-state index in [1.165, 1.54) is 0 Å². The molecule has 0 aliphatic rings. The lowest BCUT2D eigenvalue weighted by Crippen LogP contribution is -2.37. The van der Waals surface area contributed by atoms with Crippen molar-refractivity contribution in [3.05, 3.63) is 127 Å². The average Bonchev–Trinajstić information content (AvgIpc) is 3.02. The van der Waals surface area contributed by atoms with Crippen molar-refractivity contribution >= 4 is 34.1 Å². The van der Waals surface area contributed by atoms with Gasteiger partial charge in [0, 0.05) is 24.3 Å². The molecule has 0 atom stereocenters. The number of methoxy groups -OCH3 is 1. The third-order valence-electron chi connectivity index (χ3n) is 6.60. The van der Waals surface area contributed by atoms with Gasteiger partial charge in [0.1, 0.15) is 17.2 Å². The number of carbonyl (C=O) groups excluding carboxylic acids is 2. The molecular weight excluding hydrogens is 514 g/mol. The number of rotatable bonds is 10. The molecular formula is C34H31N3O4. The van der Waals surface area contributed by atoms with Crippen LogP contribution in [-0.2, 0) is 0 Å². The van der Waals surface area contributed by atoms with Gasteiger partial charge in [-0.25, -0.2) is 4.79 Å². The fourth-order valence-electron chi connectivity index (χ4n) is 4.55. The minimum Gasteiger partial charge on any atom is -0.495 e. The van der Waals surface area contributed by atoms with Gasteiger partial charge < -0.3 is 20.1 Å². The summed E-state index contributed by atoms with van der Waals surface area (Å²) in [6.45, 7) is 0.769. The number of hydrogen-bond donors (Lipinski definition) is 2. The van der Waals surface area contributed by atoms with Gasteiger partial charge in [0.05, 0.1) is 12.8 Å². The Morgan fingerprint density at radius 1 is 0.732 bits per heavy atom. The van der Waals surface area contributed by atoms with E-state index in [4.69, 9.17) is 9.47 Å². The molecule has 5 rings (SSSR count). The monoisotopic (exact) mass is 545 g/mol. The van der Waals surface area contributed by atoms with Gasteiger partial charge in [-0.2, -0.15) is 0 Å². The van der Waals surface area contributed by atoms with Crippen LogP contribution in [0.4, 0.5) is 16.2 Å². The number of urea groups is 1. The summed E-state index contributed by atoms with van der Waals surface area (Å²) in [5, 5.41) is 7.88. The normalized spacial score (nSPS) is 10.6. The first-order valence-corrected chi connectivity index (χ1v) is 13.4. The molecule has 0 aliphatic heterocycles. The van der Waals surface area contributed by atoms with Gasteiger partial charge in [-0.15, -0.1) is 0 Å². The highest BCUT2D eigenvalue weighted by Gasteiger charge is 2.18. The van der Waals surface area contributed by atoms with Crippen molar-refractivity contribution in [2.45, 2.75) is 6.42 Å². The SMILES string of the molecule is COc1ccccc1NC(=O)N(CCCNC(=O)c1cccc2ccccc12)c1ccc(Oc2ccccc2)cc1. The zero-order valence-electron chi connectivity index (χ0n) is 22.7. The van der Waals surface area contributed by atoms with Gasteiger partial charge in [-0.1, -0.05) is 66.7 Å². The van der Waals surface area contributed by atoms with Crippen LogP contribution in [0.25, 0.3) is 10.8 Å². The van der Waals surface area contributed by atoms with Crippen molar-refractivity contribution in [3.63, 3.8) is 0 Å². The van der Waals surface area contributed by atoms with E-state index in [-0.39, 0.29) is 11.9 Å². The van der Waals surface area contributed by atoms with E-state index in [9.17, 15) is 9.59 Å². The summed E-state index contributed by atoms with van der Waals surface area (Å²) >= 11 is 0. The Hall–Kier alpha value is -5.30. The Morgan fingerprint density at radius 3 is 2.22 bits per heavy atom. The Labute approximate surface area is 239 Å². The lowest BCUT2D eigenvalue weighted by Gasteiger charge is -2.24. The zero-order valence-corrected chi connectivity index (χ0v) is 22.7. The molecule has 41 heavy (non-hydrogen) atoms. The van der Waals surface area contributed by atoms with Crippen LogP contribution in [-0.4, -0.2) is 32.1 Å². The van der Waals surface area contributed by atoms with Crippen molar-refractivity contribution in [1.82, 2.24) is 5.32 Å². The van der Waals surface area contributed by atoms with Crippen LogP contribution in [0.5, 0.6) is 17.2 Å². The number of anilines is 2. The Morgan fingerprint density at radius 2 is 1.41 bits per heavy atom. The average molecular weight is 546 g/mol. The van der Waals surface area contributed by atoms with Crippen molar-refractivity contribution < 1.29 is 19.1 Å². The lowest BCUT2D eigenvalue weighted by atomic mass is 10.0. The summed E-state index contributed by atoms with van der Waals surface area (Å²) in [4.78, 5) is 28.1. The molecule has 7 heteroatoms. The number of nitrogens with one attached hydrogen (secondary N) is 2. The molecule has 0 fully saturated rings. The maximum Gasteiger partial charge on any atom is 0.326 e. The summed E-state index contributed by atoms with van der Waals surface area (Å²) in [6, 6.07) is 37.3. The zero-order chi connectivity index (χ0) is 28.4. The number of hydrogen-bond acceptors (Lipinski definition) is 4. The van der Waals surface area contributed by atoms with E-state index in [0.29, 0.717) is 47.9 Å². The van der Waals surface area contributed by atoms with E-state index >= 15 is 0 Å². The summed E-state index contributed by atoms with van der Waals surface area (Å²) in [5.74, 6) is 1.81. The van der Waals surface area contributed by atoms with E-state index in [1.807, 2.05) is 109 Å². The van der Waals surface area contributed by atoms with E-state index < -0.39 is 0 Å². The highest BCUT2D eigenvalue weighted by molar-refractivity contribution is 6.07. The van der Waals surface area contributed by atoms with Crippen LogP contribution in [0.3, 0.4) is 0 Å². The molecule has 0 saturated heterocycles. The topological polar surface area (TPSA) is 79.9 Å². The second kappa shape index (κ2) is 13.2. The van der Waals surface area contributed by atoms with Crippen LogP contribution in [0.15, 0.2) is 121 Å². The van der Waals surface area contributed by atoms with E-state index in [2.05, 4.69) is 10.6 Å². The third-order valence-corrected chi connectivity index (χ3v) is 6.60. The van der Waals surface area contributed by atoms with E-state index in [1.54, 1.807) is 24.1 Å². The van der Waals surface area contributed by atoms with Gasteiger partial charge >= 0.3 is 6.03 Å². The number of amides is 3. The maximum atomic E-state index is 13.5. The second-order valence-corrected chi connectivity index (χ2v) is 9.33. The summed E-state index contributed by atoms with van der Waals surface area (Å²) in [6.07, 6.45) is 0.540. The molecule has 0 spiro atoms. The number of carbonyl (C=O) groups is 2. The lowest BCUT2D eigenvalue weighted by molar-refractivity contribution is 0.0955. The Balaban J connectivity index is 1.28. The quantitative estimate of drug-likeness (QED) is 0.178.